The third-order valence-corrected chi connectivity index (χ3v) is 6.19. The summed E-state index contributed by atoms with van der Waals surface area (Å²) in [6.07, 6.45) is 4.55. The summed E-state index contributed by atoms with van der Waals surface area (Å²) in [5.41, 5.74) is 0. The van der Waals surface area contributed by atoms with Crippen molar-refractivity contribution in [2.75, 3.05) is 18.4 Å². The van der Waals surface area contributed by atoms with Gasteiger partial charge in [-0.25, -0.2) is 13.4 Å². The predicted molar refractivity (Wildman–Crippen MR) is 84.8 cm³/mol. The van der Waals surface area contributed by atoms with E-state index in [1.165, 1.54) is 0 Å². The highest BCUT2D eigenvalue weighted by Crippen LogP contribution is 2.29. The van der Waals surface area contributed by atoms with Crippen LogP contribution in [0, 0.1) is 5.92 Å². The zero-order valence-corrected chi connectivity index (χ0v) is 13.9. The molecular weight excluding hydrogens is 286 g/mol. The van der Waals surface area contributed by atoms with E-state index in [4.69, 9.17) is 0 Å². The molecule has 0 bridgehead atoms. The van der Waals surface area contributed by atoms with Gasteiger partial charge in [0.2, 0.25) is 10.0 Å². The Bertz CT molecular complexity index is 574. The number of rotatable bonds is 5. The lowest BCUT2D eigenvalue weighted by atomic mass is 9.94. The highest BCUT2D eigenvalue weighted by atomic mass is 32.2. The van der Waals surface area contributed by atoms with E-state index in [9.17, 15) is 8.42 Å². The standard InChI is InChI=1S/C15H25N3O2S/c1-4-8-16-15-11-14(7-9-17-15)21(19,20)18-10-5-6-12(2)13(18)3/h7,9,11-13H,4-6,8,10H2,1-3H3,(H,16,17). The van der Waals surface area contributed by atoms with Crippen LogP contribution in [0.15, 0.2) is 23.2 Å². The summed E-state index contributed by atoms with van der Waals surface area (Å²) in [6.45, 7) is 7.57. The lowest BCUT2D eigenvalue weighted by Gasteiger charge is -2.36. The van der Waals surface area contributed by atoms with Crippen molar-refractivity contribution in [3.05, 3.63) is 18.3 Å². The van der Waals surface area contributed by atoms with E-state index < -0.39 is 10.0 Å². The van der Waals surface area contributed by atoms with Gasteiger partial charge >= 0.3 is 0 Å². The van der Waals surface area contributed by atoms with Gasteiger partial charge in [0.1, 0.15) is 5.82 Å². The molecule has 21 heavy (non-hydrogen) atoms. The van der Waals surface area contributed by atoms with E-state index >= 15 is 0 Å². The van der Waals surface area contributed by atoms with Crippen LogP contribution < -0.4 is 5.32 Å². The van der Waals surface area contributed by atoms with Crippen molar-refractivity contribution in [1.82, 2.24) is 9.29 Å². The molecule has 118 valence electrons. The lowest BCUT2D eigenvalue weighted by molar-refractivity contribution is 0.202. The Balaban J connectivity index is 2.26. The lowest BCUT2D eigenvalue weighted by Crippen LogP contribution is -2.45. The third-order valence-electron chi connectivity index (χ3n) is 4.21. The molecule has 0 aliphatic carbocycles. The maximum atomic E-state index is 12.8. The molecule has 0 amide bonds. The fraction of sp³-hybridized carbons (Fsp3) is 0.667. The van der Waals surface area contributed by atoms with Crippen molar-refractivity contribution in [2.24, 2.45) is 5.92 Å². The van der Waals surface area contributed by atoms with Gasteiger partial charge in [0.25, 0.3) is 0 Å². The Kier molecular flexibility index (Phi) is 5.22. The summed E-state index contributed by atoms with van der Waals surface area (Å²) in [4.78, 5) is 4.51. The summed E-state index contributed by atoms with van der Waals surface area (Å²) in [7, 11) is -3.44. The van der Waals surface area contributed by atoms with Crippen LogP contribution in [0.5, 0.6) is 0 Å². The Morgan fingerprint density at radius 2 is 2.19 bits per heavy atom. The van der Waals surface area contributed by atoms with Crippen molar-refractivity contribution in [3.8, 4) is 0 Å². The molecule has 1 aliphatic heterocycles. The van der Waals surface area contributed by atoms with E-state index in [0.717, 1.165) is 25.8 Å². The summed E-state index contributed by atoms with van der Waals surface area (Å²) in [5.74, 6) is 1.02. The molecule has 1 N–H and O–H groups in total. The van der Waals surface area contributed by atoms with Crippen LogP contribution in [0.4, 0.5) is 5.82 Å². The molecule has 1 saturated heterocycles. The minimum Gasteiger partial charge on any atom is -0.370 e. The molecule has 2 unspecified atom stereocenters. The maximum Gasteiger partial charge on any atom is 0.243 e. The number of hydrogen-bond donors (Lipinski definition) is 1. The highest BCUT2D eigenvalue weighted by molar-refractivity contribution is 7.89. The van der Waals surface area contributed by atoms with Crippen molar-refractivity contribution < 1.29 is 8.42 Å². The van der Waals surface area contributed by atoms with Crippen LogP contribution in [-0.2, 0) is 10.0 Å². The molecule has 2 atom stereocenters. The minimum absolute atomic E-state index is 0.0453. The van der Waals surface area contributed by atoms with Gasteiger partial charge in [0, 0.05) is 31.4 Å². The molecule has 5 nitrogen and oxygen atoms in total. The van der Waals surface area contributed by atoms with Crippen LogP contribution in [0.2, 0.25) is 0 Å². The second kappa shape index (κ2) is 6.75. The van der Waals surface area contributed by atoms with Crippen LogP contribution in [0.25, 0.3) is 0 Å². The number of pyridine rings is 1. The van der Waals surface area contributed by atoms with E-state index in [2.05, 4.69) is 24.1 Å². The molecule has 2 heterocycles. The Morgan fingerprint density at radius 3 is 2.90 bits per heavy atom. The summed E-state index contributed by atoms with van der Waals surface area (Å²) < 4.78 is 27.3. The van der Waals surface area contributed by atoms with Gasteiger partial charge in [0.15, 0.2) is 0 Å². The minimum atomic E-state index is -3.44. The van der Waals surface area contributed by atoms with Crippen molar-refractivity contribution >= 4 is 15.8 Å². The molecule has 1 fully saturated rings. The maximum absolute atomic E-state index is 12.8. The normalized spacial score (nSPS) is 24.0. The van der Waals surface area contributed by atoms with Gasteiger partial charge in [-0.2, -0.15) is 4.31 Å². The van der Waals surface area contributed by atoms with Crippen LogP contribution in [0.1, 0.15) is 40.0 Å². The van der Waals surface area contributed by atoms with Crippen LogP contribution in [0.3, 0.4) is 0 Å². The molecule has 2 rings (SSSR count). The molecule has 1 aromatic rings. The molecule has 0 radical (unpaired) electrons. The topological polar surface area (TPSA) is 62.3 Å². The fourth-order valence-corrected chi connectivity index (χ4v) is 4.47. The number of nitrogens with one attached hydrogen (secondary N) is 1. The SMILES string of the molecule is CCCNc1cc(S(=O)(=O)N2CCCC(C)C2C)ccn1. The van der Waals surface area contributed by atoms with Crippen molar-refractivity contribution in [2.45, 2.75) is 51.0 Å². The fourth-order valence-electron chi connectivity index (χ4n) is 2.69. The molecule has 0 spiro atoms. The molecule has 1 aromatic heterocycles. The molecule has 6 heteroatoms. The summed E-state index contributed by atoms with van der Waals surface area (Å²) in [6, 6.07) is 3.26. The van der Waals surface area contributed by atoms with Gasteiger partial charge in [-0.3, -0.25) is 0 Å². The average molecular weight is 311 g/mol. The van der Waals surface area contributed by atoms with E-state index in [1.54, 1.807) is 22.6 Å². The van der Waals surface area contributed by atoms with Gasteiger partial charge in [-0.15, -0.1) is 0 Å². The Morgan fingerprint density at radius 1 is 1.43 bits per heavy atom. The van der Waals surface area contributed by atoms with E-state index in [1.807, 2.05) is 6.92 Å². The summed E-state index contributed by atoms with van der Waals surface area (Å²) in [5, 5.41) is 3.14. The summed E-state index contributed by atoms with van der Waals surface area (Å²) >= 11 is 0. The largest absolute Gasteiger partial charge is 0.370 e. The quantitative estimate of drug-likeness (QED) is 0.908. The van der Waals surface area contributed by atoms with Gasteiger partial charge in [-0.05, 0) is 38.2 Å². The first kappa shape index (κ1) is 16.2. The number of sulfonamides is 1. The van der Waals surface area contributed by atoms with Crippen molar-refractivity contribution in [3.63, 3.8) is 0 Å². The second-order valence-electron chi connectivity index (χ2n) is 5.78. The first-order valence-corrected chi connectivity index (χ1v) is 9.12. The smallest absolute Gasteiger partial charge is 0.243 e. The molecule has 0 saturated carbocycles. The van der Waals surface area contributed by atoms with Crippen LogP contribution >= 0.6 is 0 Å². The third kappa shape index (κ3) is 3.55. The Labute approximate surface area is 127 Å². The Hall–Kier alpha value is -1.14. The van der Waals surface area contributed by atoms with Gasteiger partial charge < -0.3 is 5.32 Å². The average Bonchev–Trinajstić information content (AvgIpc) is 2.48. The van der Waals surface area contributed by atoms with E-state index in [0.29, 0.717) is 23.2 Å². The monoisotopic (exact) mass is 311 g/mol. The molecule has 0 aromatic carbocycles. The molecule has 1 aliphatic rings. The molecular formula is C15H25N3O2S. The predicted octanol–water partition coefficient (Wildman–Crippen LogP) is 2.71. The van der Waals surface area contributed by atoms with Crippen LogP contribution in [-0.4, -0.2) is 36.8 Å². The zero-order valence-electron chi connectivity index (χ0n) is 13.0. The number of anilines is 1. The number of aromatic nitrogens is 1. The zero-order chi connectivity index (χ0) is 15.5. The first-order valence-electron chi connectivity index (χ1n) is 7.68. The van der Waals surface area contributed by atoms with Gasteiger partial charge in [0.05, 0.1) is 4.90 Å². The van der Waals surface area contributed by atoms with Crippen molar-refractivity contribution in [1.29, 1.82) is 0 Å². The number of hydrogen-bond acceptors (Lipinski definition) is 4. The number of piperidine rings is 1. The highest BCUT2D eigenvalue weighted by Gasteiger charge is 2.34. The first-order chi connectivity index (χ1) is 9.96. The van der Waals surface area contributed by atoms with Gasteiger partial charge in [-0.1, -0.05) is 13.8 Å². The number of nitrogens with zero attached hydrogens (tertiary/aromatic N) is 2. The van der Waals surface area contributed by atoms with E-state index in [-0.39, 0.29) is 6.04 Å². The second-order valence-corrected chi connectivity index (χ2v) is 7.67.